The third-order valence-electron chi connectivity index (χ3n) is 5.22. The van der Waals surface area contributed by atoms with Crippen LogP contribution in [0.5, 0.6) is 0 Å². The van der Waals surface area contributed by atoms with Crippen LogP contribution in [-0.2, 0) is 23.9 Å². The number of fused-ring (bicyclic) bond motifs is 1. The van der Waals surface area contributed by atoms with Crippen molar-refractivity contribution in [2.45, 2.75) is 25.6 Å². The molecule has 154 valence electrons. The average molecular weight is 413 g/mol. The van der Waals surface area contributed by atoms with Gasteiger partial charge in [0.25, 0.3) is 5.56 Å². The van der Waals surface area contributed by atoms with Gasteiger partial charge in [-0.15, -0.1) is 0 Å². The summed E-state index contributed by atoms with van der Waals surface area (Å²) in [6.07, 6.45) is 0.593. The minimum Gasteiger partial charge on any atom is -0.315 e. The molecule has 0 fully saturated rings. The Bertz CT molecular complexity index is 1180. The first-order valence-corrected chi connectivity index (χ1v) is 9.34. The summed E-state index contributed by atoms with van der Waals surface area (Å²) in [6.45, 7) is -0.0220. The number of rotatable bonds is 3. The summed E-state index contributed by atoms with van der Waals surface area (Å²) >= 11 is 0. The minimum absolute atomic E-state index is 0.0220. The molecule has 0 spiro atoms. The van der Waals surface area contributed by atoms with Crippen molar-refractivity contribution in [1.82, 2.24) is 9.55 Å². The lowest BCUT2D eigenvalue weighted by Gasteiger charge is -2.26. The number of hydrogen-bond donors (Lipinski definition) is 0. The molecule has 0 saturated carbocycles. The van der Waals surface area contributed by atoms with E-state index in [9.17, 15) is 22.8 Å². The van der Waals surface area contributed by atoms with Crippen LogP contribution in [0, 0.1) is 0 Å². The normalized spacial score (nSPS) is 14.0. The molecule has 2 aromatic heterocycles. The van der Waals surface area contributed by atoms with E-state index in [1.807, 2.05) is 18.2 Å². The van der Waals surface area contributed by atoms with Gasteiger partial charge in [-0.3, -0.25) is 14.6 Å². The van der Waals surface area contributed by atoms with Crippen molar-refractivity contribution in [1.29, 1.82) is 0 Å². The van der Waals surface area contributed by atoms with Gasteiger partial charge in [0, 0.05) is 49.4 Å². The lowest BCUT2D eigenvalue weighted by Crippen LogP contribution is -2.30. The third kappa shape index (κ3) is 3.85. The van der Waals surface area contributed by atoms with Gasteiger partial charge in [-0.25, -0.2) is 0 Å². The second-order valence-electron chi connectivity index (χ2n) is 7.26. The van der Waals surface area contributed by atoms with Crippen molar-refractivity contribution in [3.05, 3.63) is 82.0 Å². The van der Waals surface area contributed by atoms with Gasteiger partial charge in [0.1, 0.15) is 0 Å². The van der Waals surface area contributed by atoms with Gasteiger partial charge in [0.15, 0.2) is 0 Å². The van der Waals surface area contributed by atoms with Gasteiger partial charge in [-0.05, 0) is 47.4 Å². The monoisotopic (exact) mass is 413 g/mol. The smallest absolute Gasteiger partial charge is 0.315 e. The topological polar surface area (TPSA) is 55.2 Å². The lowest BCUT2D eigenvalue weighted by atomic mass is 9.96. The van der Waals surface area contributed by atoms with E-state index >= 15 is 0 Å². The predicted octanol–water partition coefficient (Wildman–Crippen LogP) is 3.89. The van der Waals surface area contributed by atoms with Crippen LogP contribution < -0.4 is 10.5 Å². The molecule has 8 heteroatoms. The number of nitrogens with zero attached hydrogens (tertiary/aromatic N) is 3. The highest BCUT2D eigenvalue weighted by Crippen LogP contribution is 2.31. The number of hydrogen-bond acceptors (Lipinski definition) is 3. The molecule has 0 unspecified atom stereocenters. The molecule has 30 heavy (non-hydrogen) atoms. The number of alkyl halides is 3. The van der Waals surface area contributed by atoms with Gasteiger partial charge in [0.2, 0.25) is 5.91 Å². The van der Waals surface area contributed by atoms with Crippen LogP contribution in [0.4, 0.5) is 18.9 Å². The quantitative estimate of drug-likeness (QED) is 0.655. The van der Waals surface area contributed by atoms with E-state index in [0.29, 0.717) is 18.4 Å². The highest BCUT2D eigenvalue weighted by atomic mass is 19.4. The van der Waals surface area contributed by atoms with Crippen LogP contribution in [0.2, 0.25) is 0 Å². The maximum atomic E-state index is 13.0. The van der Waals surface area contributed by atoms with Crippen LogP contribution in [0.25, 0.3) is 11.1 Å². The highest BCUT2D eigenvalue weighted by molar-refractivity contribution is 5.96. The van der Waals surface area contributed by atoms with Crippen molar-refractivity contribution in [2.24, 2.45) is 0 Å². The molecule has 1 amide bonds. The SMILES string of the molecule is CN1C(=O)CCc2cc(-c3cncc(Cn4cc(C(F)(F)F)ccc4=O)c3)ccc21. The summed E-state index contributed by atoms with van der Waals surface area (Å²) in [5.74, 6) is 0.0745. The Kier molecular flexibility index (Phi) is 4.93. The Balaban J connectivity index is 1.65. The number of benzene rings is 1. The fraction of sp³-hybridized carbons (Fsp3) is 0.227. The second-order valence-corrected chi connectivity index (χ2v) is 7.26. The average Bonchev–Trinajstić information content (AvgIpc) is 2.71. The summed E-state index contributed by atoms with van der Waals surface area (Å²) in [6, 6.07) is 9.26. The van der Waals surface area contributed by atoms with Crippen LogP contribution in [-0.4, -0.2) is 22.5 Å². The number of carbonyl (C=O) groups excluding carboxylic acids is 1. The van der Waals surface area contributed by atoms with Gasteiger partial charge in [-0.2, -0.15) is 13.2 Å². The summed E-state index contributed by atoms with van der Waals surface area (Å²) in [4.78, 5) is 29.7. The van der Waals surface area contributed by atoms with Crippen molar-refractivity contribution >= 4 is 11.6 Å². The predicted molar refractivity (Wildman–Crippen MR) is 106 cm³/mol. The summed E-state index contributed by atoms with van der Waals surface area (Å²) in [7, 11) is 1.75. The number of pyridine rings is 2. The maximum Gasteiger partial charge on any atom is 0.417 e. The number of carbonyl (C=O) groups is 1. The van der Waals surface area contributed by atoms with Gasteiger partial charge < -0.3 is 9.47 Å². The first kappa shape index (κ1) is 19.9. The van der Waals surface area contributed by atoms with E-state index in [1.165, 1.54) is 6.20 Å². The molecule has 5 nitrogen and oxygen atoms in total. The molecule has 0 atom stereocenters. The Morgan fingerprint density at radius 3 is 2.57 bits per heavy atom. The highest BCUT2D eigenvalue weighted by Gasteiger charge is 2.31. The molecule has 3 heterocycles. The molecule has 1 aliphatic heterocycles. The van der Waals surface area contributed by atoms with Crippen LogP contribution in [0.3, 0.4) is 0 Å². The van der Waals surface area contributed by atoms with Crippen molar-refractivity contribution in [3.63, 3.8) is 0 Å². The van der Waals surface area contributed by atoms with Crippen LogP contribution in [0.1, 0.15) is 23.1 Å². The molecule has 0 bridgehead atoms. The number of aromatic nitrogens is 2. The Labute approximate surface area is 170 Å². The molecular weight excluding hydrogens is 395 g/mol. The largest absolute Gasteiger partial charge is 0.417 e. The molecule has 1 aromatic carbocycles. The molecular formula is C22H18F3N3O2. The zero-order valence-electron chi connectivity index (χ0n) is 16.1. The summed E-state index contributed by atoms with van der Waals surface area (Å²) in [5, 5.41) is 0. The Morgan fingerprint density at radius 1 is 1.00 bits per heavy atom. The van der Waals surface area contributed by atoms with E-state index < -0.39 is 17.3 Å². The summed E-state index contributed by atoms with van der Waals surface area (Å²) < 4.78 is 39.9. The summed E-state index contributed by atoms with van der Waals surface area (Å²) in [5.41, 5.74) is 2.81. The molecule has 3 aromatic rings. The lowest BCUT2D eigenvalue weighted by molar-refractivity contribution is -0.138. The van der Waals surface area contributed by atoms with Crippen LogP contribution in [0.15, 0.2) is 59.8 Å². The van der Waals surface area contributed by atoms with Crippen LogP contribution >= 0.6 is 0 Å². The standard InChI is InChI=1S/C22H18F3N3O2/c1-27-19-5-2-15(9-16(19)3-6-20(27)29)17-8-14(10-26-11-17)12-28-13-18(22(23,24)25)4-7-21(28)30/h2,4-5,7-11,13H,3,6,12H2,1H3. The molecule has 0 aliphatic carbocycles. The van der Waals surface area contributed by atoms with E-state index in [-0.39, 0.29) is 12.5 Å². The number of amides is 1. The first-order valence-electron chi connectivity index (χ1n) is 9.34. The van der Waals surface area contributed by atoms with Crippen molar-refractivity contribution in [2.75, 3.05) is 11.9 Å². The number of anilines is 1. The molecule has 1 aliphatic rings. The molecule has 0 radical (unpaired) electrons. The van der Waals surface area contributed by atoms with Gasteiger partial charge in [-0.1, -0.05) is 6.07 Å². The van der Waals surface area contributed by atoms with Crippen molar-refractivity contribution in [3.8, 4) is 11.1 Å². The fourth-order valence-electron chi connectivity index (χ4n) is 3.59. The minimum atomic E-state index is -4.52. The first-order chi connectivity index (χ1) is 14.2. The zero-order valence-corrected chi connectivity index (χ0v) is 16.1. The van der Waals surface area contributed by atoms with E-state index in [4.69, 9.17) is 0 Å². The Hall–Kier alpha value is -3.42. The third-order valence-corrected chi connectivity index (χ3v) is 5.22. The van der Waals surface area contributed by atoms with Crippen molar-refractivity contribution < 1.29 is 18.0 Å². The second kappa shape index (κ2) is 7.44. The van der Waals surface area contributed by atoms with E-state index in [1.54, 1.807) is 24.2 Å². The van der Waals surface area contributed by atoms with Gasteiger partial charge >= 0.3 is 6.18 Å². The maximum absolute atomic E-state index is 13.0. The molecule has 0 N–H and O–H groups in total. The zero-order chi connectivity index (χ0) is 21.5. The fourth-order valence-corrected chi connectivity index (χ4v) is 3.59. The number of aryl methyl sites for hydroxylation is 1. The van der Waals surface area contributed by atoms with E-state index in [0.717, 1.165) is 45.3 Å². The van der Waals surface area contributed by atoms with Gasteiger partial charge in [0.05, 0.1) is 12.1 Å². The molecule has 0 saturated heterocycles. The molecule has 4 rings (SSSR count). The Morgan fingerprint density at radius 2 is 1.80 bits per heavy atom. The number of halogens is 3. The van der Waals surface area contributed by atoms with E-state index in [2.05, 4.69) is 4.98 Å².